The van der Waals surface area contributed by atoms with E-state index in [9.17, 15) is 9.90 Å². The minimum absolute atomic E-state index is 0.0648. The van der Waals surface area contributed by atoms with Crippen LogP contribution < -0.4 is 10.2 Å². The van der Waals surface area contributed by atoms with Gasteiger partial charge in [0.2, 0.25) is 0 Å². The molecule has 0 fully saturated rings. The molecule has 7 nitrogen and oxygen atoms in total. The Balaban J connectivity index is 1.62. The van der Waals surface area contributed by atoms with Gasteiger partial charge in [0, 0.05) is 0 Å². The van der Waals surface area contributed by atoms with Crippen LogP contribution in [-0.2, 0) is 11.3 Å². The van der Waals surface area contributed by atoms with Crippen molar-refractivity contribution in [2.24, 2.45) is 5.10 Å². The third kappa shape index (κ3) is 3.95. The van der Waals surface area contributed by atoms with E-state index >= 15 is 0 Å². The smallest absolute Gasteiger partial charge is 0.260 e. The summed E-state index contributed by atoms with van der Waals surface area (Å²) >= 11 is 0. The van der Waals surface area contributed by atoms with E-state index in [1.165, 1.54) is 12.3 Å². The van der Waals surface area contributed by atoms with E-state index in [1.807, 2.05) is 31.2 Å². The molecule has 7 heteroatoms. The first-order valence-electron chi connectivity index (χ1n) is 7.85. The Morgan fingerprint density at radius 1 is 1.36 bits per heavy atom. The van der Waals surface area contributed by atoms with E-state index in [0.29, 0.717) is 17.9 Å². The molecule has 128 valence electrons. The van der Waals surface area contributed by atoms with Gasteiger partial charge in [0.15, 0.2) is 11.5 Å². The van der Waals surface area contributed by atoms with E-state index in [2.05, 4.69) is 15.5 Å². The Hall–Kier alpha value is -3.35. The maximum Gasteiger partial charge on any atom is 0.260 e. The van der Waals surface area contributed by atoms with Crippen molar-refractivity contribution < 1.29 is 14.6 Å². The van der Waals surface area contributed by atoms with Gasteiger partial charge in [-0.3, -0.25) is 4.79 Å². The van der Waals surface area contributed by atoms with Crippen LogP contribution >= 0.6 is 0 Å². The molecule has 0 saturated carbocycles. The summed E-state index contributed by atoms with van der Waals surface area (Å²) in [5.41, 5.74) is 4.91. The van der Waals surface area contributed by atoms with Crippen molar-refractivity contribution >= 4 is 23.2 Å². The van der Waals surface area contributed by atoms with Gasteiger partial charge in [-0.25, -0.2) is 10.4 Å². The van der Waals surface area contributed by atoms with Crippen LogP contribution in [0.5, 0.6) is 11.5 Å². The summed E-state index contributed by atoms with van der Waals surface area (Å²) in [6.45, 7) is 2.40. The Labute approximate surface area is 144 Å². The van der Waals surface area contributed by atoms with E-state index < -0.39 is 0 Å². The van der Waals surface area contributed by atoms with Crippen LogP contribution in [0, 0.1) is 0 Å². The molecule has 0 aliphatic rings. The predicted octanol–water partition coefficient (Wildman–Crippen LogP) is 2.29. The number of aromatic nitrogens is 2. The highest BCUT2D eigenvalue weighted by Crippen LogP contribution is 2.26. The fraction of sp³-hybridized carbons (Fsp3) is 0.167. The van der Waals surface area contributed by atoms with Crippen LogP contribution in [0.25, 0.3) is 11.0 Å². The molecule has 0 unspecified atom stereocenters. The largest absolute Gasteiger partial charge is 0.504 e. The maximum atomic E-state index is 12.0. The maximum absolute atomic E-state index is 12.0. The third-order valence-electron chi connectivity index (χ3n) is 3.53. The number of phenols is 1. The summed E-state index contributed by atoms with van der Waals surface area (Å²) < 4.78 is 7.06. The van der Waals surface area contributed by atoms with Crippen molar-refractivity contribution in [3.8, 4) is 11.5 Å². The number of hydrazone groups is 1. The first-order chi connectivity index (χ1) is 12.2. The van der Waals surface area contributed by atoms with Gasteiger partial charge in [-0.15, -0.1) is 0 Å². The van der Waals surface area contributed by atoms with Crippen LogP contribution in [0.15, 0.2) is 53.9 Å². The first-order valence-corrected chi connectivity index (χ1v) is 7.85. The van der Waals surface area contributed by atoms with Crippen molar-refractivity contribution in [2.75, 3.05) is 6.61 Å². The van der Waals surface area contributed by atoms with Gasteiger partial charge < -0.3 is 14.4 Å². The number of ether oxygens (including phenoxy) is 1. The van der Waals surface area contributed by atoms with Gasteiger partial charge in [0.1, 0.15) is 6.54 Å². The summed E-state index contributed by atoms with van der Waals surface area (Å²) in [4.78, 5) is 16.3. The van der Waals surface area contributed by atoms with E-state index in [0.717, 1.165) is 11.0 Å². The topological polar surface area (TPSA) is 88.7 Å². The minimum Gasteiger partial charge on any atom is -0.504 e. The lowest BCUT2D eigenvalue weighted by Crippen LogP contribution is -2.22. The lowest BCUT2D eigenvalue weighted by atomic mass is 10.2. The van der Waals surface area contributed by atoms with Crippen molar-refractivity contribution in [1.29, 1.82) is 0 Å². The molecule has 0 saturated heterocycles. The number of para-hydroxylation sites is 2. The molecule has 0 spiro atoms. The second-order valence-electron chi connectivity index (χ2n) is 5.31. The zero-order chi connectivity index (χ0) is 17.6. The Morgan fingerprint density at radius 2 is 2.20 bits per heavy atom. The molecule has 1 aromatic heterocycles. The lowest BCUT2D eigenvalue weighted by Gasteiger charge is -2.06. The second-order valence-corrected chi connectivity index (χ2v) is 5.31. The number of nitrogens with zero attached hydrogens (tertiary/aromatic N) is 3. The lowest BCUT2D eigenvalue weighted by molar-refractivity contribution is -0.121. The molecule has 3 aromatic rings. The highest BCUT2D eigenvalue weighted by molar-refractivity contribution is 5.84. The van der Waals surface area contributed by atoms with Crippen molar-refractivity contribution in [2.45, 2.75) is 13.5 Å². The monoisotopic (exact) mass is 338 g/mol. The van der Waals surface area contributed by atoms with Crippen LogP contribution in [0.2, 0.25) is 0 Å². The zero-order valence-electron chi connectivity index (χ0n) is 13.7. The third-order valence-corrected chi connectivity index (χ3v) is 3.53. The molecule has 3 rings (SSSR count). The molecule has 2 N–H and O–H groups in total. The number of aromatic hydroxyl groups is 1. The summed E-state index contributed by atoms with van der Waals surface area (Å²) in [5, 5.41) is 13.6. The molecule has 2 aromatic carbocycles. The van der Waals surface area contributed by atoms with Crippen LogP contribution in [-0.4, -0.2) is 33.4 Å². The summed E-state index contributed by atoms with van der Waals surface area (Å²) in [6, 6.07) is 12.4. The molecule has 25 heavy (non-hydrogen) atoms. The van der Waals surface area contributed by atoms with Crippen molar-refractivity contribution in [3.63, 3.8) is 0 Å². The number of fused-ring (bicyclic) bond motifs is 1. The normalized spacial score (nSPS) is 11.1. The SMILES string of the molecule is CCOc1cc(/C=N/NC(=O)Cn2cnc3ccccc32)ccc1O. The fourth-order valence-corrected chi connectivity index (χ4v) is 2.39. The van der Waals surface area contributed by atoms with E-state index in [1.54, 1.807) is 23.0 Å². The average molecular weight is 338 g/mol. The quantitative estimate of drug-likeness (QED) is 0.533. The summed E-state index contributed by atoms with van der Waals surface area (Å²) in [6.07, 6.45) is 3.12. The molecule has 0 bridgehead atoms. The number of carbonyl (C=O) groups is 1. The average Bonchev–Trinajstić information content (AvgIpc) is 3.01. The van der Waals surface area contributed by atoms with Crippen molar-refractivity contribution in [1.82, 2.24) is 15.0 Å². The summed E-state index contributed by atoms with van der Waals surface area (Å²) in [7, 11) is 0. The number of amides is 1. The highest BCUT2D eigenvalue weighted by Gasteiger charge is 2.06. The van der Waals surface area contributed by atoms with Gasteiger partial charge >= 0.3 is 0 Å². The molecular weight excluding hydrogens is 320 g/mol. The molecule has 1 amide bonds. The molecule has 1 heterocycles. The molecule has 0 aliphatic heterocycles. The van der Waals surface area contributed by atoms with Crippen LogP contribution in [0.1, 0.15) is 12.5 Å². The Bertz CT molecular complexity index is 918. The minimum atomic E-state index is -0.261. The number of imidazole rings is 1. The van der Waals surface area contributed by atoms with Gasteiger partial charge in [0.05, 0.1) is 30.2 Å². The number of benzene rings is 2. The Morgan fingerprint density at radius 3 is 3.04 bits per heavy atom. The fourth-order valence-electron chi connectivity index (χ4n) is 2.39. The van der Waals surface area contributed by atoms with Gasteiger partial charge in [-0.1, -0.05) is 12.1 Å². The standard InChI is InChI=1S/C18H18N4O3/c1-2-25-17-9-13(7-8-16(17)23)10-20-21-18(24)11-22-12-19-14-5-3-4-6-15(14)22/h3-10,12,23H,2,11H2,1H3,(H,21,24)/b20-10+. The summed E-state index contributed by atoms with van der Waals surface area (Å²) in [5.74, 6) is 0.181. The number of hydrogen-bond donors (Lipinski definition) is 2. The highest BCUT2D eigenvalue weighted by atomic mass is 16.5. The number of rotatable bonds is 6. The van der Waals surface area contributed by atoms with Gasteiger partial charge in [-0.2, -0.15) is 5.10 Å². The molecule has 0 atom stereocenters. The van der Waals surface area contributed by atoms with E-state index in [4.69, 9.17) is 4.74 Å². The van der Waals surface area contributed by atoms with E-state index in [-0.39, 0.29) is 18.2 Å². The van der Waals surface area contributed by atoms with Gasteiger partial charge in [0.25, 0.3) is 5.91 Å². The Kier molecular flexibility index (Phi) is 4.94. The number of carbonyl (C=O) groups excluding carboxylic acids is 1. The van der Waals surface area contributed by atoms with Crippen molar-refractivity contribution in [3.05, 3.63) is 54.4 Å². The van der Waals surface area contributed by atoms with Gasteiger partial charge in [-0.05, 0) is 42.8 Å². The second kappa shape index (κ2) is 7.48. The molecule has 0 radical (unpaired) electrons. The van der Waals surface area contributed by atoms with Crippen LogP contribution in [0.3, 0.4) is 0 Å². The number of nitrogens with one attached hydrogen (secondary N) is 1. The first kappa shape index (κ1) is 16.5. The number of phenolic OH excluding ortho intramolecular Hbond substituents is 1. The molecular formula is C18H18N4O3. The number of hydrogen-bond acceptors (Lipinski definition) is 5. The molecule has 0 aliphatic carbocycles. The predicted molar refractivity (Wildman–Crippen MR) is 94.7 cm³/mol. The van der Waals surface area contributed by atoms with Crippen LogP contribution in [0.4, 0.5) is 0 Å². The zero-order valence-corrected chi connectivity index (χ0v) is 13.7.